The maximum absolute atomic E-state index is 13.5. The molecule has 0 radical (unpaired) electrons. The SMILES string of the molecule is O=C1[C@H]2[C@@H](ON(c3cccc([N+](=O)[O-])c3)[C@H]2c2ccc(Cl)cc2Cl)C(=O)N1c1ccc(F)cc1. The fourth-order valence-electron chi connectivity index (χ4n) is 4.28. The monoisotopic (exact) mass is 501 g/mol. The molecule has 0 bridgehead atoms. The summed E-state index contributed by atoms with van der Waals surface area (Å²) in [6.07, 6.45) is -1.21. The van der Waals surface area contributed by atoms with Crippen molar-refractivity contribution >= 4 is 52.1 Å². The second-order valence-corrected chi connectivity index (χ2v) is 8.60. The van der Waals surface area contributed by atoms with E-state index in [4.69, 9.17) is 28.0 Å². The number of nitrogens with zero attached hydrogens (tertiary/aromatic N) is 3. The van der Waals surface area contributed by atoms with Gasteiger partial charge in [-0.05, 0) is 48.0 Å². The molecule has 0 N–H and O–H groups in total. The number of hydroxylamine groups is 1. The molecule has 0 spiro atoms. The first-order chi connectivity index (χ1) is 16.3. The van der Waals surface area contributed by atoms with Gasteiger partial charge in [-0.25, -0.2) is 14.4 Å². The number of benzene rings is 3. The van der Waals surface area contributed by atoms with Crippen LogP contribution in [0.3, 0.4) is 0 Å². The van der Waals surface area contributed by atoms with Crippen LogP contribution in [0.25, 0.3) is 0 Å². The van der Waals surface area contributed by atoms with Crippen molar-refractivity contribution in [1.29, 1.82) is 0 Å². The summed E-state index contributed by atoms with van der Waals surface area (Å²) < 4.78 is 13.4. The van der Waals surface area contributed by atoms with Crippen molar-refractivity contribution in [1.82, 2.24) is 0 Å². The average Bonchev–Trinajstić information content (AvgIpc) is 3.31. The molecule has 3 atom stereocenters. The first-order valence-corrected chi connectivity index (χ1v) is 10.8. The molecule has 11 heteroatoms. The molecule has 3 aromatic rings. The van der Waals surface area contributed by atoms with E-state index in [-0.39, 0.29) is 22.1 Å². The van der Waals surface area contributed by atoms with Crippen molar-refractivity contribution in [3.8, 4) is 0 Å². The lowest BCUT2D eigenvalue weighted by atomic mass is 9.90. The van der Waals surface area contributed by atoms with Gasteiger partial charge in [0.1, 0.15) is 11.7 Å². The number of carbonyl (C=O) groups is 2. The fraction of sp³-hybridized carbons (Fsp3) is 0.130. The summed E-state index contributed by atoms with van der Waals surface area (Å²) in [5.74, 6) is -2.73. The number of nitro groups is 1. The minimum Gasteiger partial charge on any atom is -0.273 e. The van der Waals surface area contributed by atoms with Crippen LogP contribution in [-0.4, -0.2) is 22.8 Å². The van der Waals surface area contributed by atoms with E-state index in [9.17, 15) is 24.1 Å². The summed E-state index contributed by atoms with van der Waals surface area (Å²) in [5.41, 5.74) is 0.739. The van der Waals surface area contributed by atoms with Gasteiger partial charge in [0.2, 0.25) is 5.91 Å². The molecule has 2 aliphatic heterocycles. The third-order valence-electron chi connectivity index (χ3n) is 5.78. The van der Waals surface area contributed by atoms with Crippen LogP contribution in [-0.2, 0) is 14.4 Å². The van der Waals surface area contributed by atoms with Gasteiger partial charge in [-0.2, -0.15) is 0 Å². The first kappa shape index (κ1) is 22.3. The van der Waals surface area contributed by atoms with E-state index in [0.29, 0.717) is 10.6 Å². The van der Waals surface area contributed by atoms with E-state index in [1.807, 2.05) is 0 Å². The second-order valence-electron chi connectivity index (χ2n) is 7.75. The molecule has 2 heterocycles. The summed E-state index contributed by atoms with van der Waals surface area (Å²) in [4.78, 5) is 44.4. The lowest BCUT2D eigenvalue weighted by molar-refractivity contribution is -0.384. The van der Waals surface area contributed by atoms with Crippen molar-refractivity contribution in [2.24, 2.45) is 5.92 Å². The smallest absolute Gasteiger partial charge is 0.271 e. The molecule has 0 unspecified atom stereocenters. The van der Waals surface area contributed by atoms with Gasteiger partial charge in [-0.1, -0.05) is 35.3 Å². The lowest BCUT2D eigenvalue weighted by Gasteiger charge is -2.29. The third-order valence-corrected chi connectivity index (χ3v) is 6.34. The first-order valence-electron chi connectivity index (χ1n) is 10.0. The van der Waals surface area contributed by atoms with E-state index in [1.165, 1.54) is 41.5 Å². The van der Waals surface area contributed by atoms with Crippen molar-refractivity contribution in [3.05, 3.63) is 98.3 Å². The highest BCUT2D eigenvalue weighted by molar-refractivity contribution is 6.35. The molecule has 0 aliphatic carbocycles. The Balaban J connectivity index is 1.62. The Morgan fingerprint density at radius 1 is 0.941 bits per heavy atom. The van der Waals surface area contributed by atoms with Crippen LogP contribution in [0, 0.1) is 21.8 Å². The van der Waals surface area contributed by atoms with Gasteiger partial charge in [0.05, 0.1) is 22.3 Å². The Hall–Kier alpha value is -3.53. The Bertz CT molecular complexity index is 1340. The molecule has 8 nitrogen and oxygen atoms in total. The quantitative estimate of drug-likeness (QED) is 0.280. The topological polar surface area (TPSA) is 93.0 Å². The van der Waals surface area contributed by atoms with Gasteiger partial charge in [0.25, 0.3) is 11.6 Å². The fourth-order valence-corrected chi connectivity index (χ4v) is 4.80. The zero-order valence-corrected chi connectivity index (χ0v) is 18.6. The van der Waals surface area contributed by atoms with E-state index >= 15 is 0 Å². The normalized spacial score (nSPS) is 21.8. The largest absolute Gasteiger partial charge is 0.273 e. The van der Waals surface area contributed by atoms with Crippen LogP contribution >= 0.6 is 23.2 Å². The molecule has 5 rings (SSSR count). The summed E-state index contributed by atoms with van der Waals surface area (Å²) >= 11 is 12.5. The number of hydrogen-bond acceptors (Lipinski definition) is 6. The van der Waals surface area contributed by atoms with Crippen molar-refractivity contribution in [3.63, 3.8) is 0 Å². The van der Waals surface area contributed by atoms with Gasteiger partial charge >= 0.3 is 0 Å². The van der Waals surface area contributed by atoms with E-state index in [0.717, 1.165) is 17.0 Å². The van der Waals surface area contributed by atoms with E-state index in [2.05, 4.69) is 0 Å². The van der Waals surface area contributed by atoms with Crippen LogP contribution in [0.4, 0.5) is 21.5 Å². The standard InChI is InChI=1S/C23H14Cl2FN3O5/c24-12-4-9-17(18(25)10-12)20-19-21(34-28(20)15-2-1-3-16(11-15)29(32)33)23(31)27(22(19)30)14-7-5-13(26)6-8-14/h1-11,19-21H/t19-,20+,21-/m1/s1. The highest BCUT2D eigenvalue weighted by atomic mass is 35.5. The highest BCUT2D eigenvalue weighted by Gasteiger charge is 2.60. The molecular weight excluding hydrogens is 488 g/mol. The highest BCUT2D eigenvalue weighted by Crippen LogP contribution is 2.49. The number of anilines is 2. The molecule has 0 saturated carbocycles. The number of hydrogen-bond donors (Lipinski definition) is 0. The van der Waals surface area contributed by atoms with Gasteiger partial charge in [0.15, 0.2) is 6.10 Å². The van der Waals surface area contributed by atoms with Crippen LogP contribution in [0.5, 0.6) is 0 Å². The molecule has 0 aromatic heterocycles. The van der Waals surface area contributed by atoms with E-state index in [1.54, 1.807) is 18.2 Å². The summed E-state index contributed by atoms with van der Waals surface area (Å²) in [7, 11) is 0. The van der Waals surface area contributed by atoms with Crippen molar-refractivity contribution < 1.29 is 23.7 Å². The number of fused-ring (bicyclic) bond motifs is 1. The van der Waals surface area contributed by atoms with Crippen molar-refractivity contribution in [2.75, 3.05) is 9.96 Å². The maximum atomic E-state index is 13.5. The number of rotatable bonds is 4. The summed E-state index contributed by atoms with van der Waals surface area (Å²) in [6.45, 7) is 0. The molecule has 2 aliphatic rings. The zero-order chi connectivity index (χ0) is 24.1. The minimum absolute atomic E-state index is 0.190. The second kappa shape index (κ2) is 8.35. The van der Waals surface area contributed by atoms with Crippen molar-refractivity contribution in [2.45, 2.75) is 12.1 Å². The minimum atomic E-state index is -1.21. The Morgan fingerprint density at radius 2 is 1.68 bits per heavy atom. The number of amides is 2. The van der Waals surface area contributed by atoms with E-state index < -0.39 is 40.6 Å². The van der Waals surface area contributed by atoms with Crippen LogP contribution in [0.1, 0.15) is 11.6 Å². The van der Waals surface area contributed by atoms with Gasteiger partial charge < -0.3 is 0 Å². The predicted molar refractivity (Wildman–Crippen MR) is 122 cm³/mol. The number of halogens is 3. The third kappa shape index (κ3) is 3.58. The van der Waals surface area contributed by atoms with Gasteiger partial charge in [-0.15, -0.1) is 0 Å². The number of non-ortho nitro benzene ring substituents is 1. The molecule has 3 aromatic carbocycles. The summed E-state index contributed by atoms with van der Waals surface area (Å²) in [5, 5.41) is 13.2. The number of nitro benzene ring substituents is 1. The molecule has 172 valence electrons. The molecular formula is C23H14Cl2FN3O5. The Labute approximate surface area is 202 Å². The maximum Gasteiger partial charge on any atom is 0.271 e. The lowest BCUT2D eigenvalue weighted by Crippen LogP contribution is -2.37. The molecule has 2 amide bonds. The van der Waals surface area contributed by atoms with Gasteiger partial charge in [0, 0.05) is 22.2 Å². The average molecular weight is 502 g/mol. The number of carbonyl (C=O) groups excluding carboxylic acids is 2. The zero-order valence-electron chi connectivity index (χ0n) is 17.1. The molecule has 34 heavy (non-hydrogen) atoms. The van der Waals surface area contributed by atoms with Crippen LogP contribution in [0.15, 0.2) is 66.7 Å². The van der Waals surface area contributed by atoms with Crippen LogP contribution < -0.4 is 9.96 Å². The van der Waals surface area contributed by atoms with Gasteiger partial charge in [-0.3, -0.25) is 24.5 Å². The number of imide groups is 1. The predicted octanol–water partition coefficient (Wildman–Crippen LogP) is 5.09. The van der Waals surface area contributed by atoms with Crippen LogP contribution in [0.2, 0.25) is 10.0 Å². The Kier molecular flexibility index (Phi) is 5.47. The molecule has 2 saturated heterocycles. The Morgan fingerprint density at radius 3 is 2.35 bits per heavy atom. The molecule has 2 fully saturated rings. The summed E-state index contributed by atoms with van der Waals surface area (Å²) in [6, 6.07) is 14.4.